The molecule has 1 heterocycles. The summed E-state index contributed by atoms with van der Waals surface area (Å²) in [4.78, 5) is 0. The van der Waals surface area contributed by atoms with Crippen molar-refractivity contribution in [2.45, 2.75) is 26.8 Å². The highest BCUT2D eigenvalue weighted by Gasteiger charge is 2.16. The number of nitrogens with zero attached hydrogens (tertiary/aromatic N) is 3. The van der Waals surface area contributed by atoms with Gasteiger partial charge in [-0.15, -0.1) is 0 Å². The molecule has 1 unspecified atom stereocenters. The smallest absolute Gasteiger partial charge is 0.163 e. The molecule has 0 saturated carbocycles. The van der Waals surface area contributed by atoms with E-state index in [1.54, 1.807) is 4.68 Å². The zero-order chi connectivity index (χ0) is 10.9. The van der Waals surface area contributed by atoms with E-state index < -0.39 is 0 Å². The third-order valence-electron chi connectivity index (χ3n) is 2.15. The first-order chi connectivity index (χ1) is 6.49. The molecule has 0 aromatic carbocycles. The Bertz CT molecular complexity index is 372. The Kier molecular flexibility index (Phi) is 3.15. The van der Waals surface area contributed by atoms with Gasteiger partial charge in [-0.1, -0.05) is 5.16 Å². The van der Waals surface area contributed by atoms with E-state index in [4.69, 9.17) is 10.9 Å². The Balaban J connectivity index is 3.14. The van der Waals surface area contributed by atoms with Crippen LogP contribution in [-0.2, 0) is 0 Å². The van der Waals surface area contributed by atoms with E-state index in [2.05, 4.69) is 26.2 Å². The van der Waals surface area contributed by atoms with Crippen LogP contribution in [-0.4, -0.2) is 20.8 Å². The number of aromatic nitrogens is 2. The molecule has 1 aromatic rings. The average molecular weight is 261 g/mol. The molecule has 14 heavy (non-hydrogen) atoms. The van der Waals surface area contributed by atoms with Crippen LogP contribution in [0.25, 0.3) is 0 Å². The zero-order valence-corrected chi connectivity index (χ0v) is 9.91. The van der Waals surface area contributed by atoms with E-state index in [0.717, 1.165) is 15.9 Å². The lowest BCUT2D eigenvalue weighted by Gasteiger charge is -2.12. The molecule has 1 atom stereocenters. The van der Waals surface area contributed by atoms with E-state index in [1.165, 1.54) is 0 Å². The Morgan fingerprint density at radius 3 is 2.57 bits per heavy atom. The summed E-state index contributed by atoms with van der Waals surface area (Å²) in [7, 11) is 0. The molecule has 5 nitrogen and oxygen atoms in total. The van der Waals surface area contributed by atoms with Crippen molar-refractivity contribution < 1.29 is 5.21 Å². The predicted molar refractivity (Wildman–Crippen MR) is 57.5 cm³/mol. The van der Waals surface area contributed by atoms with Gasteiger partial charge in [-0.25, -0.2) is 0 Å². The molecule has 0 saturated heterocycles. The van der Waals surface area contributed by atoms with Crippen LogP contribution in [0, 0.1) is 13.8 Å². The van der Waals surface area contributed by atoms with Crippen molar-refractivity contribution in [2.24, 2.45) is 10.9 Å². The van der Waals surface area contributed by atoms with E-state index in [9.17, 15) is 0 Å². The second-order valence-electron chi connectivity index (χ2n) is 3.13. The molecule has 1 rings (SSSR count). The fourth-order valence-corrected chi connectivity index (χ4v) is 1.49. The van der Waals surface area contributed by atoms with E-state index in [-0.39, 0.29) is 11.9 Å². The largest absolute Gasteiger partial charge is 0.409 e. The predicted octanol–water partition coefficient (Wildman–Crippen LogP) is 1.57. The van der Waals surface area contributed by atoms with Gasteiger partial charge in [0.05, 0.1) is 15.9 Å². The topological polar surface area (TPSA) is 76.4 Å². The number of amidine groups is 1. The fourth-order valence-electron chi connectivity index (χ4n) is 1.23. The van der Waals surface area contributed by atoms with Gasteiger partial charge in [0.15, 0.2) is 5.84 Å². The van der Waals surface area contributed by atoms with Crippen molar-refractivity contribution in [3.05, 3.63) is 15.9 Å². The summed E-state index contributed by atoms with van der Waals surface area (Å²) in [6.45, 7) is 5.64. The SMILES string of the molecule is Cc1nn(C(C)/C(N)=N/O)c(C)c1Br. The highest BCUT2D eigenvalue weighted by atomic mass is 79.9. The van der Waals surface area contributed by atoms with Gasteiger partial charge in [-0.2, -0.15) is 5.10 Å². The Morgan fingerprint density at radius 2 is 2.21 bits per heavy atom. The molecule has 0 aliphatic heterocycles. The second-order valence-corrected chi connectivity index (χ2v) is 3.92. The van der Waals surface area contributed by atoms with Gasteiger partial charge in [0.2, 0.25) is 0 Å². The first-order valence-electron chi connectivity index (χ1n) is 4.17. The summed E-state index contributed by atoms with van der Waals surface area (Å²) in [5.41, 5.74) is 7.35. The third kappa shape index (κ3) is 1.75. The molecule has 0 fully saturated rings. The number of nitrogens with two attached hydrogens (primary N) is 1. The van der Waals surface area contributed by atoms with Crippen LogP contribution in [0.5, 0.6) is 0 Å². The van der Waals surface area contributed by atoms with Crippen LogP contribution in [0.15, 0.2) is 9.63 Å². The van der Waals surface area contributed by atoms with Crippen LogP contribution in [0.3, 0.4) is 0 Å². The molecule has 0 radical (unpaired) electrons. The van der Waals surface area contributed by atoms with Gasteiger partial charge >= 0.3 is 0 Å². The molecule has 0 bridgehead atoms. The van der Waals surface area contributed by atoms with Crippen molar-refractivity contribution in [1.82, 2.24) is 9.78 Å². The highest BCUT2D eigenvalue weighted by molar-refractivity contribution is 9.10. The molecule has 3 N–H and O–H groups in total. The summed E-state index contributed by atoms with van der Waals surface area (Å²) in [5.74, 6) is 0.142. The highest BCUT2D eigenvalue weighted by Crippen LogP contribution is 2.22. The molecular weight excluding hydrogens is 248 g/mol. The lowest BCUT2D eigenvalue weighted by molar-refractivity contribution is 0.313. The second kappa shape index (κ2) is 4.00. The van der Waals surface area contributed by atoms with Crippen LogP contribution < -0.4 is 5.73 Å². The third-order valence-corrected chi connectivity index (χ3v) is 3.29. The van der Waals surface area contributed by atoms with Crippen molar-refractivity contribution in [3.63, 3.8) is 0 Å². The minimum Gasteiger partial charge on any atom is -0.409 e. The molecule has 0 aliphatic rings. The standard InChI is InChI=1S/C8H13BrN4O/c1-4-7(9)5(2)13(11-4)6(3)8(10)12-14/h6,14H,1-3H3,(H2,10,12). The maximum atomic E-state index is 8.54. The molecular formula is C8H13BrN4O. The Labute approximate surface area is 90.7 Å². The molecule has 1 aromatic heterocycles. The number of halogens is 1. The van der Waals surface area contributed by atoms with Gasteiger partial charge in [-0.3, -0.25) is 4.68 Å². The number of rotatable bonds is 2. The first-order valence-corrected chi connectivity index (χ1v) is 4.97. The summed E-state index contributed by atoms with van der Waals surface area (Å²) in [6, 6.07) is -0.245. The number of aryl methyl sites for hydroxylation is 1. The number of hydrogen-bond acceptors (Lipinski definition) is 3. The molecule has 0 amide bonds. The first kappa shape index (κ1) is 11.0. The number of hydrogen-bond donors (Lipinski definition) is 2. The molecule has 0 spiro atoms. The molecule has 78 valence electrons. The van der Waals surface area contributed by atoms with Crippen molar-refractivity contribution in [3.8, 4) is 0 Å². The normalized spacial score (nSPS) is 14.4. The number of oxime groups is 1. The van der Waals surface area contributed by atoms with E-state index >= 15 is 0 Å². The van der Waals surface area contributed by atoms with Crippen molar-refractivity contribution >= 4 is 21.8 Å². The summed E-state index contributed by atoms with van der Waals surface area (Å²) < 4.78 is 2.67. The van der Waals surface area contributed by atoms with Gasteiger partial charge in [0.25, 0.3) is 0 Å². The maximum absolute atomic E-state index is 8.54. The van der Waals surface area contributed by atoms with Crippen LogP contribution >= 0.6 is 15.9 Å². The Morgan fingerprint density at radius 1 is 1.64 bits per heavy atom. The fraction of sp³-hybridized carbons (Fsp3) is 0.500. The van der Waals surface area contributed by atoms with Crippen LogP contribution in [0.2, 0.25) is 0 Å². The maximum Gasteiger partial charge on any atom is 0.163 e. The van der Waals surface area contributed by atoms with E-state index in [1.807, 2.05) is 20.8 Å². The quantitative estimate of drug-likeness (QED) is 0.367. The minimum absolute atomic E-state index is 0.142. The lowest BCUT2D eigenvalue weighted by Crippen LogP contribution is -2.26. The summed E-state index contributed by atoms with van der Waals surface area (Å²) in [5, 5.41) is 15.8. The monoisotopic (exact) mass is 260 g/mol. The lowest BCUT2D eigenvalue weighted by atomic mass is 10.3. The summed E-state index contributed by atoms with van der Waals surface area (Å²) >= 11 is 3.41. The molecule has 0 aliphatic carbocycles. The Hall–Kier alpha value is -1.04. The van der Waals surface area contributed by atoms with Gasteiger partial charge in [0, 0.05) is 0 Å². The van der Waals surface area contributed by atoms with Crippen LogP contribution in [0.1, 0.15) is 24.4 Å². The minimum atomic E-state index is -0.245. The average Bonchev–Trinajstić information content (AvgIpc) is 2.43. The van der Waals surface area contributed by atoms with Crippen LogP contribution in [0.4, 0.5) is 0 Å². The van der Waals surface area contributed by atoms with Crippen molar-refractivity contribution in [2.75, 3.05) is 0 Å². The summed E-state index contributed by atoms with van der Waals surface area (Å²) in [6.07, 6.45) is 0. The van der Waals surface area contributed by atoms with Gasteiger partial charge in [0.1, 0.15) is 6.04 Å². The van der Waals surface area contributed by atoms with Gasteiger partial charge in [-0.05, 0) is 36.7 Å². The van der Waals surface area contributed by atoms with E-state index in [0.29, 0.717) is 0 Å². The van der Waals surface area contributed by atoms with Crippen molar-refractivity contribution in [1.29, 1.82) is 0 Å². The van der Waals surface area contributed by atoms with Gasteiger partial charge < -0.3 is 10.9 Å². The molecule has 6 heteroatoms. The zero-order valence-electron chi connectivity index (χ0n) is 8.32.